The first kappa shape index (κ1) is 17.8. The van der Waals surface area contributed by atoms with Crippen molar-refractivity contribution in [1.29, 1.82) is 0 Å². The highest BCUT2D eigenvalue weighted by molar-refractivity contribution is 9.37. The fraction of sp³-hybridized carbons (Fsp3) is 0.0455. The summed E-state index contributed by atoms with van der Waals surface area (Å²) in [5.41, 5.74) is 2.06. The highest BCUT2D eigenvalue weighted by Crippen LogP contribution is 2.40. The number of hydrogen-bond acceptors (Lipinski definition) is 1. The predicted octanol–water partition coefficient (Wildman–Crippen LogP) is 6.09. The van der Waals surface area contributed by atoms with Crippen molar-refractivity contribution in [1.82, 2.24) is 0 Å². The van der Waals surface area contributed by atoms with E-state index in [0.717, 1.165) is 16.7 Å². The Morgan fingerprint density at radius 2 is 1.08 bits per heavy atom. The average Bonchev–Trinajstić information content (AvgIpc) is 2.69. The van der Waals surface area contributed by atoms with E-state index in [1.165, 1.54) is 0 Å². The van der Waals surface area contributed by atoms with Crippen LogP contribution in [0.3, 0.4) is 0 Å². The van der Waals surface area contributed by atoms with E-state index in [1.807, 2.05) is 96.8 Å². The van der Waals surface area contributed by atoms with Gasteiger partial charge in [-0.2, -0.15) is 0 Å². The second kappa shape index (κ2) is 8.38. The Labute approximate surface area is 158 Å². The van der Waals surface area contributed by atoms with E-state index in [-0.39, 0.29) is 5.78 Å². The molecular formula is C22H18BrOP. The SMILES string of the molecule is O=C(/C=C/PBr)C(c1ccccc1)(c1ccccc1)c1ccccc1. The molecule has 0 aliphatic heterocycles. The Balaban J connectivity index is 2.36. The van der Waals surface area contributed by atoms with Crippen molar-refractivity contribution in [3.63, 3.8) is 0 Å². The summed E-state index contributed by atoms with van der Waals surface area (Å²) in [6.07, 6.45) is 1.69. The zero-order valence-corrected chi connectivity index (χ0v) is 16.2. The van der Waals surface area contributed by atoms with Crippen molar-refractivity contribution < 1.29 is 4.79 Å². The minimum Gasteiger partial charge on any atom is -0.293 e. The molecule has 0 aliphatic rings. The molecule has 1 unspecified atom stereocenters. The summed E-state index contributed by atoms with van der Waals surface area (Å²) >= 11 is 3.40. The highest BCUT2D eigenvalue weighted by atomic mass is 79.9. The fourth-order valence-corrected chi connectivity index (χ4v) is 3.83. The number of ketones is 1. The van der Waals surface area contributed by atoms with Crippen molar-refractivity contribution in [3.8, 4) is 0 Å². The first-order valence-corrected chi connectivity index (χ1v) is 11.4. The van der Waals surface area contributed by atoms with Crippen LogP contribution < -0.4 is 0 Å². The summed E-state index contributed by atoms with van der Waals surface area (Å²) in [4.78, 5) is 13.5. The summed E-state index contributed by atoms with van der Waals surface area (Å²) in [5, 5.41) is 0. The van der Waals surface area contributed by atoms with Crippen LogP contribution in [0.15, 0.2) is 103 Å². The van der Waals surface area contributed by atoms with Crippen LogP contribution in [0.25, 0.3) is 0 Å². The van der Waals surface area contributed by atoms with Gasteiger partial charge >= 0.3 is 0 Å². The second-order valence-corrected chi connectivity index (χ2v) is 7.58. The zero-order valence-electron chi connectivity index (χ0n) is 13.6. The van der Waals surface area contributed by atoms with Crippen LogP contribution in [-0.2, 0) is 10.2 Å². The normalized spacial score (nSPS) is 12.0. The van der Waals surface area contributed by atoms with Crippen molar-refractivity contribution >= 4 is 28.6 Å². The van der Waals surface area contributed by atoms with Gasteiger partial charge in [-0.15, -0.1) is 0 Å². The van der Waals surface area contributed by atoms with Crippen molar-refractivity contribution in [2.75, 3.05) is 0 Å². The maximum Gasteiger partial charge on any atom is 0.175 e. The van der Waals surface area contributed by atoms with E-state index in [0.29, 0.717) is 7.28 Å². The maximum absolute atomic E-state index is 13.5. The van der Waals surface area contributed by atoms with Crippen LogP contribution in [-0.4, -0.2) is 5.78 Å². The van der Waals surface area contributed by atoms with Gasteiger partial charge < -0.3 is 0 Å². The summed E-state index contributed by atoms with van der Waals surface area (Å²) in [7, 11) is 0.414. The van der Waals surface area contributed by atoms with Gasteiger partial charge in [0.2, 0.25) is 0 Å². The second-order valence-electron chi connectivity index (χ2n) is 5.65. The fourth-order valence-electron chi connectivity index (χ4n) is 3.22. The van der Waals surface area contributed by atoms with Crippen molar-refractivity contribution in [3.05, 3.63) is 120 Å². The van der Waals surface area contributed by atoms with Gasteiger partial charge in [-0.25, -0.2) is 0 Å². The van der Waals surface area contributed by atoms with Gasteiger partial charge in [0.25, 0.3) is 0 Å². The monoisotopic (exact) mass is 408 g/mol. The molecule has 0 amide bonds. The largest absolute Gasteiger partial charge is 0.293 e. The van der Waals surface area contributed by atoms with Gasteiger partial charge in [-0.05, 0) is 35.9 Å². The molecular weight excluding hydrogens is 391 g/mol. The summed E-state index contributed by atoms with van der Waals surface area (Å²) < 4.78 is 0. The van der Waals surface area contributed by atoms with Crippen LogP contribution in [0.5, 0.6) is 0 Å². The van der Waals surface area contributed by atoms with E-state index in [2.05, 4.69) is 15.5 Å². The number of benzene rings is 3. The smallest absolute Gasteiger partial charge is 0.175 e. The van der Waals surface area contributed by atoms with Crippen molar-refractivity contribution in [2.45, 2.75) is 5.41 Å². The Kier molecular flexibility index (Phi) is 5.96. The summed E-state index contributed by atoms with van der Waals surface area (Å²) in [5.74, 6) is 1.94. The van der Waals surface area contributed by atoms with Gasteiger partial charge in [-0.3, -0.25) is 4.79 Å². The minimum atomic E-state index is -0.854. The minimum absolute atomic E-state index is 0.0584. The molecule has 0 heterocycles. The van der Waals surface area contributed by atoms with Gasteiger partial charge in [0.15, 0.2) is 5.78 Å². The molecule has 25 heavy (non-hydrogen) atoms. The van der Waals surface area contributed by atoms with Gasteiger partial charge in [0.1, 0.15) is 5.41 Å². The molecule has 0 saturated heterocycles. The molecule has 3 aromatic rings. The van der Waals surface area contributed by atoms with Crippen molar-refractivity contribution in [2.24, 2.45) is 0 Å². The summed E-state index contributed by atoms with van der Waals surface area (Å²) in [6.45, 7) is 0. The first-order chi connectivity index (χ1) is 12.3. The van der Waals surface area contributed by atoms with Crippen LogP contribution in [0, 0.1) is 0 Å². The van der Waals surface area contributed by atoms with Crippen LogP contribution in [0.4, 0.5) is 0 Å². The van der Waals surface area contributed by atoms with Crippen LogP contribution in [0.2, 0.25) is 0 Å². The van der Waals surface area contributed by atoms with Gasteiger partial charge in [0.05, 0.1) is 0 Å². The zero-order chi connectivity index (χ0) is 17.5. The summed E-state index contributed by atoms with van der Waals surface area (Å²) in [6, 6.07) is 30.0. The molecule has 0 bridgehead atoms. The molecule has 0 saturated carbocycles. The molecule has 3 rings (SSSR count). The lowest BCUT2D eigenvalue weighted by Gasteiger charge is -2.33. The molecule has 3 aromatic carbocycles. The number of carbonyl (C=O) groups excluding carboxylic acids is 1. The molecule has 0 fully saturated rings. The third-order valence-corrected chi connectivity index (χ3v) is 5.37. The number of hydrogen-bond donors (Lipinski definition) is 0. The topological polar surface area (TPSA) is 17.1 Å². The Morgan fingerprint density at radius 3 is 1.40 bits per heavy atom. The standard InChI is InChI=1S/C22H18BrOP/c23-25-17-16-21(24)22(18-10-4-1-5-11-18,19-12-6-2-7-13-19)20-14-8-3-9-15-20/h1-17,25H/b17-16+. The molecule has 1 nitrogen and oxygen atoms in total. The lowest BCUT2D eigenvalue weighted by atomic mass is 9.66. The Hall–Kier alpha value is -2.02. The van der Waals surface area contributed by atoms with E-state index >= 15 is 0 Å². The van der Waals surface area contributed by atoms with Gasteiger partial charge in [0, 0.05) is 0 Å². The molecule has 0 aromatic heterocycles. The third kappa shape index (κ3) is 3.51. The van der Waals surface area contributed by atoms with E-state index < -0.39 is 5.41 Å². The van der Waals surface area contributed by atoms with Crippen LogP contribution >= 0.6 is 22.8 Å². The number of rotatable bonds is 6. The van der Waals surface area contributed by atoms with E-state index in [4.69, 9.17) is 0 Å². The molecule has 0 radical (unpaired) electrons. The molecule has 0 N–H and O–H groups in total. The Bertz CT molecular complexity index is 748. The molecule has 124 valence electrons. The highest BCUT2D eigenvalue weighted by Gasteiger charge is 2.41. The predicted molar refractivity (Wildman–Crippen MR) is 111 cm³/mol. The lowest BCUT2D eigenvalue weighted by molar-refractivity contribution is -0.117. The van der Waals surface area contributed by atoms with E-state index in [1.54, 1.807) is 6.08 Å². The quantitative estimate of drug-likeness (QED) is 0.274. The molecule has 1 atom stereocenters. The molecule has 0 spiro atoms. The molecule has 3 heteroatoms. The number of halogens is 1. The van der Waals surface area contributed by atoms with Crippen LogP contribution in [0.1, 0.15) is 16.7 Å². The lowest BCUT2D eigenvalue weighted by Crippen LogP contribution is -2.37. The number of carbonyl (C=O) groups is 1. The first-order valence-electron chi connectivity index (χ1n) is 8.04. The Morgan fingerprint density at radius 1 is 0.720 bits per heavy atom. The number of allylic oxidation sites excluding steroid dienone is 1. The van der Waals surface area contributed by atoms with E-state index in [9.17, 15) is 4.79 Å². The molecule has 0 aliphatic carbocycles. The average molecular weight is 409 g/mol. The maximum atomic E-state index is 13.5. The van der Waals surface area contributed by atoms with Gasteiger partial charge in [-0.1, -0.05) is 106 Å². The third-order valence-electron chi connectivity index (χ3n) is 4.29.